The van der Waals surface area contributed by atoms with E-state index in [9.17, 15) is 0 Å². The standard InChI is InChI=1S/C20H15ClN4O3S/c1-26-16-10-22-20-18(24-16)19(25-29-20)23-13-4-2-3-12(17(13)21)11-5-6-14-15(9-11)28-8-7-27-14/h2-6,9-10H,7-8H2,1H3,(H,23,25). The van der Waals surface area contributed by atoms with E-state index >= 15 is 0 Å². The van der Waals surface area contributed by atoms with Crippen molar-refractivity contribution >= 4 is 45.0 Å². The average molecular weight is 427 g/mol. The van der Waals surface area contributed by atoms with Crippen LogP contribution in [0.15, 0.2) is 42.6 Å². The fourth-order valence-electron chi connectivity index (χ4n) is 3.09. The van der Waals surface area contributed by atoms with Crippen molar-refractivity contribution in [1.29, 1.82) is 0 Å². The highest BCUT2D eigenvalue weighted by atomic mass is 35.5. The minimum absolute atomic E-state index is 0.428. The fraction of sp³-hybridized carbons (Fsp3) is 0.150. The van der Waals surface area contributed by atoms with E-state index in [1.807, 2.05) is 36.4 Å². The third-order valence-electron chi connectivity index (χ3n) is 4.48. The molecule has 146 valence electrons. The van der Waals surface area contributed by atoms with E-state index in [0.717, 1.165) is 28.3 Å². The molecule has 0 unspecified atom stereocenters. The van der Waals surface area contributed by atoms with E-state index in [0.29, 0.717) is 40.3 Å². The lowest BCUT2D eigenvalue weighted by Gasteiger charge is -2.19. The molecule has 0 bridgehead atoms. The lowest BCUT2D eigenvalue weighted by atomic mass is 10.0. The highest BCUT2D eigenvalue weighted by Crippen LogP contribution is 2.40. The summed E-state index contributed by atoms with van der Waals surface area (Å²) in [6.07, 6.45) is 1.57. The van der Waals surface area contributed by atoms with Crippen LogP contribution in [0.3, 0.4) is 0 Å². The van der Waals surface area contributed by atoms with Crippen LogP contribution in [0.1, 0.15) is 0 Å². The van der Waals surface area contributed by atoms with Crippen LogP contribution in [-0.4, -0.2) is 34.7 Å². The summed E-state index contributed by atoms with van der Waals surface area (Å²) in [7, 11) is 1.55. The van der Waals surface area contributed by atoms with Gasteiger partial charge in [-0.3, -0.25) is 0 Å². The zero-order chi connectivity index (χ0) is 19.8. The lowest BCUT2D eigenvalue weighted by molar-refractivity contribution is 0.171. The zero-order valence-electron chi connectivity index (χ0n) is 15.3. The van der Waals surface area contributed by atoms with Crippen molar-refractivity contribution in [3.05, 3.63) is 47.6 Å². The van der Waals surface area contributed by atoms with Crippen molar-refractivity contribution in [2.75, 3.05) is 25.6 Å². The molecule has 1 aliphatic heterocycles. The highest BCUT2D eigenvalue weighted by Gasteiger charge is 2.16. The predicted octanol–water partition coefficient (Wildman–Crippen LogP) is 4.93. The molecule has 0 atom stereocenters. The maximum absolute atomic E-state index is 6.73. The molecule has 0 aliphatic carbocycles. The smallest absolute Gasteiger partial charge is 0.232 e. The Morgan fingerprint density at radius 2 is 2.00 bits per heavy atom. The average Bonchev–Trinajstić information content (AvgIpc) is 3.16. The first-order valence-corrected chi connectivity index (χ1v) is 10.00. The molecule has 5 rings (SSSR count). The van der Waals surface area contributed by atoms with Crippen LogP contribution in [0.2, 0.25) is 5.02 Å². The Morgan fingerprint density at radius 3 is 2.86 bits per heavy atom. The van der Waals surface area contributed by atoms with Gasteiger partial charge < -0.3 is 19.5 Å². The Morgan fingerprint density at radius 1 is 1.14 bits per heavy atom. The second kappa shape index (κ2) is 7.38. The van der Waals surface area contributed by atoms with Gasteiger partial charge in [0.25, 0.3) is 0 Å². The normalized spacial score (nSPS) is 12.8. The molecular weight excluding hydrogens is 412 g/mol. The number of fused-ring (bicyclic) bond motifs is 2. The molecule has 0 saturated heterocycles. The molecule has 0 saturated carbocycles. The molecule has 0 amide bonds. The number of nitrogens with zero attached hydrogens (tertiary/aromatic N) is 3. The molecule has 0 spiro atoms. The molecule has 3 heterocycles. The summed E-state index contributed by atoms with van der Waals surface area (Å²) < 4.78 is 20.9. The number of rotatable bonds is 4. The highest BCUT2D eigenvalue weighted by molar-refractivity contribution is 7.13. The first-order valence-electron chi connectivity index (χ1n) is 8.85. The van der Waals surface area contributed by atoms with Gasteiger partial charge in [0.05, 0.1) is 24.0 Å². The van der Waals surface area contributed by atoms with Crippen LogP contribution < -0.4 is 19.5 Å². The molecule has 7 nitrogen and oxygen atoms in total. The molecule has 9 heteroatoms. The summed E-state index contributed by atoms with van der Waals surface area (Å²) in [5.74, 6) is 2.47. The van der Waals surface area contributed by atoms with Crippen LogP contribution in [-0.2, 0) is 0 Å². The Balaban J connectivity index is 1.52. The van der Waals surface area contributed by atoms with Crippen molar-refractivity contribution in [1.82, 2.24) is 14.3 Å². The number of anilines is 2. The minimum Gasteiger partial charge on any atom is -0.486 e. The van der Waals surface area contributed by atoms with Gasteiger partial charge in [-0.1, -0.05) is 29.8 Å². The summed E-state index contributed by atoms with van der Waals surface area (Å²) in [5.41, 5.74) is 3.16. The van der Waals surface area contributed by atoms with Gasteiger partial charge in [-0.25, -0.2) is 9.97 Å². The zero-order valence-corrected chi connectivity index (χ0v) is 16.9. The summed E-state index contributed by atoms with van der Waals surface area (Å²) in [6.45, 7) is 1.09. The summed E-state index contributed by atoms with van der Waals surface area (Å²) in [4.78, 5) is 9.46. The van der Waals surface area contributed by atoms with Gasteiger partial charge in [0, 0.05) is 5.56 Å². The fourth-order valence-corrected chi connectivity index (χ4v) is 4.01. The maximum Gasteiger partial charge on any atom is 0.232 e. The van der Waals surface area contributed by atoms with Gasteiger partial charge in [-0.15, -0.1) is 0 Å². The Labute approximate surface area is 175 Å². The quantitative estimate of drug-likeness (QED) is 0.495. The topological polar surface area (TPSA) is 78.4 Å². The van der Waals surface area contributed by atoms with Crippen LogP contribution in [0.5, 0.6) is 17.4 Å². The van der Waals surface area contributed by atoms with Crippen LogP contribution >= 0.6 is 23.1 Å². The molecular formula is C20H15ClN4O3S. The van der Waals surface area contributed by atoms with Gasteiger partial charge in [0.15, 0.2) is 22.1 Å². The molecule has 1 N–H and O–H groups in total. The monoisotopic (exact) mass is 426 g/mol. The molecule has 1 aliphatic rings. The number of benzene rings is 2. The predicted molar refractivity (Wildman–Crippen MR) is 113 cm³/mol. The van der Waals surface area contributed by atoms with Gasteiger partial charge in [0.2, 0.25) is 5.88 Å². The third-order valence-corrected chi connectivity index (χ3v) is 5.63. The number of methoxy groups -OCH3 is 1. The number of hydrogen-bond donors (Lipinski definition) is 1. The van der Waals surface area contributed by atoms with Crippen molar-refractivity contribution in [3.8, 4) is 28.5 Å². The van der Waals surface area contributed by atoms with E-state index < -0.39 is 0 Å². The van der Waals surface area contributed by atoms with Gasteiger partial charge >= 0.3 is 0 Å². The largest absolute Gasteiger partial charge is 0.486 e. The van der Waals surface area contributed by atoms with E-state index in [1.54, 1.807) is 13.3 Å². The van der Waals surface area contributed by atoms with E-state index in [2.05, 4.69) is 19.7 Å². The second-order valence-corrected chi connectivity index (χ2v) is 7.38. The van der Waals surface area contributed by atoms with Gasteiger partial charge in [-0.05, 0) is 35.3 Å². The van der Waals surface area contributed by atoms with Gasteiger partial charge in [0.1, 0.15) is 18.7 Å². The van der Waals surface area contributed by atoms with Crippen molar-refractivity contribution in [2.24, 2.45) is 0 Å². The second-order valence-electron chi connectivity index (χ2n) is 6.25. The molecule has 2 aromatic heterocycles. The Kier molecular flexibility index (Phi) is 4.57. The SMILES string of the molecule is COc1cnc2snc(Nc3cccc(-c4ccc5c(c4)OCCO5)c3Cl)c2n1. The lowest BCUT2D eigenvalue weighted by Crippen LogP contribution is -2.15. The van der Waals surface area contributed by atoms with Crippen LogP contribution in [0.25, 0.3) is 21.5 Å². The number of hydrogen-bond acceptors (Lipinski definition) is 8. The van der Waals surface area contributed by atoms with E-state index in [4.69, 9.17) is 25.8 Å². The number of aromatic nitrogens is 3. The molecule has 29 heavy (non-hydrogen) atoms. The summed E-state index contributed by atoms with van der Waals surface area (Å²) in [6, 6.07) is 11.6. The first kappa shape index (κ1) is 18.0. The van der Waals surface area contributed by atoms with Crippen LogP contribution in [0.4, 0.5) is 11.5 Å². The maximum atomic E-state index is 6.73. The molecule has 4 aromatic rings. The number of halogens is 1. The summed E-state index contributed by atoms with van der Waals surface area (Å²) >= 11 is 7.99. The minimum atomic E-state index is 0.428. The molecule has 2 aromatic carbocycles. The first-order chi connectivity index (χ1) is 14.2. The number of nitrogens with one attached hydrogen (secondary N) is 1. The Hall–Kier alpha value is -3.10. The van der Waals surface area contributed by atoms with E-state index in [-0.39, 0.29) is 0 Å². The Bertz CT molecular complexity index is 1210. The number of ether oxygens (including phenoxy) is 3. The van der Waals surface area contributed by atoms with Crippen molar-refractivity contribution < 1.29 is 14.2 Å². The summed E-state index contributed by atoms with van der Waals surface area (Å²) in [5, 5.41) is 3.84. The third kappa shape index (κ3) is 3.30. The van der Waals surface area contributed by atoms with Crippen molar-refractivity contribution in [2.45, 2.75) is 0 Å². The van der Waals surface area contributed by atoms with Gasteiger partial charge in [-0.2, -0.15) is 4.37 Å². The molecule has 0 radical (unpaired) electrons. The van der Waals surface area contributed by atoms with E-state index in [1.165, 1.54) is 11.5 Å². The molecule has 0 fully saturated rings. The van der Waals surface area contributed by atoms with Crippen molar-refractivity contribution in [3.63, 3.8) is 0 Å². The van der Waals surface area contributed by atoms with Crippen LogP contribution in [0, 0.1) is 0 Å².